The van der Waals surface area contributed by atoms with E-state index in [1.807, 2.05) is 0 Å². The van der Waals surface area contributed by atoms with Crippen LogP contribution in [0.3, 0.4) is 0 Å². The number of carboxylic acids is 1. The molecule has 0 fully saturated rings. The highest BCUT2D eigenvalue weighted by Crippen LogP contribution is 2.29. The summed E-state index contributed by atoms with van der Waals surface area (Å²) in [6.45, 7) is 1.38. The molecule has 1 aromatic carbocycles. The van der Waals surface area contributed by atoms with Crippen LogP contribution in [0.4, 0.5) is 0 Å². The maximum atomic E-state index is 11.9. The molecule has 0 bridgehead atoms. The lowest BCUT2D eigenvalue weighted by Gasteiger charge is -2.16. The van der Waals surface area contributed by atoms with E-state index in [1.165, 1.54) is 19.1 Å². The van der Waals surface area contributed by atoms with Crippen molar-refractivity contribution in [1.82, 2.24) is 0 Å². The molecular weight excluding hydrogens is 260 g/mol. The molecule has 0 aromatic heterocycles. The molecule has 0 spiro atoms. The number of rotatable bonds is 3. The lowest BCUT2D eigenvalue weighted by atomic mass is 9.87. The van der Waals surface area contributed by atoms with Crippen molar-refractivity contribution in [3.63, 3.8) is 0 Å². The van der Waals surface area contributed by atoms with Gasteiger partial charge in [0.05, 0.1) is 0 Å². The average molecular weight is 272 g/mol. The van der Waals surface area contributed by atoms with Gasteiger partial charge in [-0.15, -0.1) is 0 Å². The van der Waals surface area contributed by atoms with Crippen LogP contribution in [0.15, 0.2) is 41.5 Å². The second-order valence-corrected chi connectivity index (χ2v) is 4.43. The van der Waals surface area contributed by atoms with Crippen LogP contribution in [0.1, 0.15) is 29.3 Å². The van der Waals surface area contributed by atoms with Crippen molar-refractivity contribution in [3.05, 3.63) is 52.6 Å². The molecule has 0 atom stereocenters. The minimum Gasteiger partial charge on any atom is -0.507 e. The van der Waals surface area contributed by atoms with E-state index in [9.17, 15) is 19.5 Å². The average Bonchev–Trinajstić information content (AvgIpc) is 2.44. The van der Waals surface area contributed by atoms with Gasteiger partial charge in [0, 0.05) is 22.3 Å². The smallest absolute Gasteiger partial charge is 0.330 e. The number of hydrogen-bond donors (Lipinski definition) is 2. The van der Waals surface area contributed by atoms with E-state index >= 15 is 0 Å². The van der Waals surface area contributed by atoms with Crippen molar-refractivity contribution in [3.8, 4) is 0 Å². The molecule has 20 heavy (non-hydrogen) atoms. The number of hydrogen-bond acceptors (Lipinski definition) is 4. The van der Waals surface area contributed by atoms with Gasteiger partial charge in [0.25, 0.3) is 0 Å². The van der Waals surface area contributed by atoms with Crippen LogP contribution >= 0.6 is 0 Å². The molecular formula is C15H12O5. The summed E-state index contributed by atoms with van der Waals surface area (Å²) in [6, 6.07) is 6.27. The Morgan fingerprint density at radius 1 is 1.15 bits per heavy atom. The van der Waals surface area contributed by atoms with Gasteiger partial charge in [-0.1, -0.05) is 30.3 Å². The summed E-state index contributed by atoms with van der Waals surface area (Å²) in [5, 5.41) is 18.8. The number of fused-ring (bicyclic) bond motifs is 1. The molecule has 0 amide bonds. The van der Waals surface area contributed by atoms with Crippen molar-refractivity contribution in [2.24, 2.45) is 0 Å². The normalized spacial score (nSPS) is 15.3. The Morgan fingerprint density at radius 2 is 1.75 bits per heavy atom. The zero-order chi connectivity index (χ0) is 14.9. The highest BCUT2D eigenvalue weighted by Gasteiger charge is 2.31. The van der Waals surface area contributed by atoms with Crippen LogP contribution in [0.5, 0.6) is 0 Å². The summed E-state index contributed by atoms with van der Waals surface area (Å²) in [5.74, 6) is -2.86. The summed E-state index contributed by atoms with van der Waals surface area (Å²) in [4.78, 5) is 34.6. The summed E-state index contributed by atoms with van der Waals surface area (Å²) in [7, 11) is 0. The number of carbonyl (C=O) groups excluding carboxylic acids is 2. The molecule has 0 saturated heterocycles. The molecule has 2 rings (SSSR count). The number of carbonyl (C=O) groups is 3. The summed E-state index contributed by atoms with van der Waals surface area (Å²) in [6.07, 6.45) is 1.20. The molecule has 102 valence electrons. The summed E-state index contributed by atoms with van der Waals surface area (Å²) < 4.78 is 0. The van der Waals surface area contributed by atoms with Crippen molar-refractivity contribution in [2.45, 2.75) is 13.3 Å². The number of ketones is 2. The second-order valence-electron chi connectivity index (χ2n) is 4.43. The number of benzene rings is 1. The molecule has 0 heterocycles. The van der Waals surface area contributed by atoms with E-state index in [-0.39, 0.29) is 28.9 Å². The first-order valence-electron chi connectivity index (χ1n) is 5.94. The zero-order valence-corrected chi connectivity index (χ0v) is 10.7. The lowest BCUT2D eigenvalue weighted by molar-refractivity contribution is -0.132. The van der Waals surface area contributed by atoms with Crippen LogP contribution in [-0.2, 0) is 9.59 Å². The Bertz CT molecular complexity index is 679. The van der Waals surface area contributed by atoms with Gasteiger partial charge in [-0.05, 0) is 13.3 Å². The highest BCUT2D eigenvalue weighted by atomic mass is 16.4. The van der Waals surface area contributed by atoms with Gasteiger partial charge in [0.2, 0.25) is 11.6 Å². The summed E-state index contributed by atoms with van der Waals surface area (Å²) >= 11 is 0. The first-order chi connectivity index (χ1) is 9.43. The van der Waals surface area contributed by atoms with Crippen molar-refractivity contribution in [1.29, 1.82) is 0 Å². The van der Waals surface area contributed by atoms with E-state index in [0.29, 0.717) is 5.56 Å². The third-order valence-corrected chi connectivity index (χ3v) is 3.14. The standard InChI is InChI=1S/C15H12O5/c1-8(15(19)20)6-7-11-12(16)9-4-2-3-5-10(9)13(17)14(11)18/h2-6,16H,7H2,1H3,(H,19,20). The van der Waals surface area contributed by atoms with Crippen LogP contribution in [-0.4, -0.2) is 27.7 Å². The predicted molar refractivity (Wildman–Crippen MR) is 71.3 cm³/mol. The maximum absolute atomic E-state index is 11.9. The molecule has 2 N–H and O–H groups in total. The Kier molecular flexibility index (Phi) is 3.52. The number of carboxylic acid groups (broad SMARTS) is 1. The van der Waals surface area contributed by atoms with Crippen molar-refractivity contribution in [2.75, 3.05) is 0 Å². The number of Topliss-reactive ketones (excluding diaryl/α,β-unsaturated/α-hetero) is 2. The largest absolute Gasteiger partial charge is 0.507 e. The van der Waals surface area contributed by atoms with Crippen molar-refractivity contribution < 1.29 is 24.6 Å². The van der Waals surface area contributed by atoms with Crippen LogP contribution in [0.25, 0.3) is 5.76 Å². The lowest BCUT2D eigenvalue weighted by Crippen LogP contribution is -2.23. The van der Waals surface area contributed by atoms with E-state index in [4.69, 9.17) is 5.11 Å². The predicted octanol–water partition coefficient (Wildman–Crippen LogP) is 2.14. The third-order valence-electron chi connectivity index (χ3n) is 3.14. The van der Waals surface area contributed by atoms with E-state index in [1.54, 1.807) is 18.2 Å². The first-order valence-corrected chi connectivity index (χ1v) is 5.94. The van der Waals surface area contributed by atoms with Gasteiger partial charge in [-0.25, -0.2) is 4.79 Å². The maximum Gasteiger partial charge on any atom is 0.330 e. The number of allylic oxidation sites excluding steroid dienone is 2. The second kappa shape index (κ2) is 5.13. The first kappa shape index (κ1) is 13.7. The minimum absolute atomic E-state index is 0.0457. The van der Waals surface area contributed by atoms with Crippen LogP contribution in [0, 0.1) is 0 Å². The zero-order valence-electron chi connectivity index (χ0n) is 10.7. The number of aliphatic hydroxyl groups excluding tert-OH is 1. The van der Waals surface area contributed by atoms with Gasteiger partial charge in [0.1, 0.15) is 5.76 Å². The Hall–Kier alpha value is -2.69. The van der Waals surface area contributed by atoms with Gasteiger partial charge in [-0.3, -0.25) is 9.59 Å². The molecule has 5 nitrogen and oxygen atoms in total. The fourth-order valence-electron chi connectivity index (χ4n) is 1.95. The van der Waals surface area contributed by atoms with Gasteiger partial charge >= 0.3 is 5.97 Å². The topological polar surface area (TPSA) is 91.7 Å². The number of aliphatic carboxylic acids is 1. The summed E-state index contributed by atoms with van der Waals surface area (Å²) in [5.41, 5.74) is 0.435. The van der Waals surface area contributed by atoms with Gasteiger partial charge < -0.3 is 10.2 Å². The highest BCUT2D eigenvalue weighted by molar-refractivity contribution is 6.52. The van der Waals surface area contributed by atoms with Gasteiger partial charge in [0.15, 0.2) is 0 Å². The molecule has 1 aliphatic rings. The van der Waals surface area contributed by atoms with Gasteiger partial charge in [-0.2, -0.15) is 0 Å². The molecule has 0 aliphatic heterocycles. The molecule has 0 unspecified atom stereocenters. The molecule has 0 radical (unpaired) electrons. The van der Waals surface area contributed by atoms with E-state index in [2.05, 4.69) is 0 Å². The van der Waals surface area contributed by atoms with Crippen LogP contribution < -0.4 is 0 Å². The van der Waals surface area contributed by atoms with E-state index in [0.717, 1.165) is 0 Å². The quantitative estimate of drug-likeness (QED) is 0.649. The SMILES string of the molecule is CC(=CCC1=C(O)c2ccccc2C(=O)C1=O)C(=O)O. The van der Waals surface area contributed by atoms with E-state index < -0.39 is 17.5 Å². The fourth-order valence-corrected chi connectivity index (χ4v) is 1.95. The third kappa shape index (κ3) is 2.25. The molecule has 5 heteroatoms. The van der Waals surface area contributed by atoms with Crippen LogP contribution in [0.2, 0.25) is 0 Å². The van der Waals surface area contributed by atoms with Crippen molar-refractivity contribution >= 4 is 23.3 Å². The minimum atomic E-state index is -1.11. The number of aliphatic hydroxyl groups is 1. The Labute approximate surface area is 114 Å². The Morgan fingerprint density at radius 3 is 2.35 bits per heavy atom. The fraction of sp³-hybridized carbons (Fsp3) is 0.133. The monoisotopic (exact) mass is 272 g/mol. The molecule has 1 aliphatic carbocycles. The molecule has 0 saturated carbocycles. The Balaban J connectivity index is 2.47. The molecule has 1 aromatic rings.